The van der Waals surface area contributed by atoms with Gasteiger partial charge in [-0.1, -0.05) is 40.8 Å². The third kappa shape index (κ3) is 4.55. The summed E-state index contributed by atoms with van der Waals surface area (Å²) in [6.07, 6.45) is 6.70. The van der Waals surface area contributed by atoms with Crippen LogP contribution in [0.25, 0.3) is 0 Å². The maximum Gasteiger partial charge on any atom is 0.236 e. The first-order valence-corrected chi connectivity index (χ1v) is 7.75. The molecule has 2 aromatic heterocycles. The van der Waals surface area contributed by atoms with Crippen molar-refractivity contribution in [3.05, 3.63) is 6.20 Å². The van der Waals surface area contributed by atoms with E-state index in [0.717, 1.165) is 4.34 Å². The van der Waals surface area contributed by atoms with E-state index >= 15 is 0 Å². The van der Waals surface area contributed by atoms with Crippen LogP contribution in [0.15, 0.2) is 15.6 Å². The molecule has 1 amide bonds. The zero-order valence-corrected chi connectivity index (χ0v) is 11.9. The quantitative estimate of drug-likeness (QED) is 0.468. The molecule has 0 fully saturated rings. The molecule has 0 radical (unpaired) electrons. The minimum Gasteiger partial charge on any atom is -0.300 e. The topological polar surface area (TPSA) is 96.5 Å². The summed E-state index contributed by atoms with van der Waals surface area (Å²) in [4.78, 5) is 11.6. The van der Waals surface area contributed by atoms with Gasteiger partial charge in [0.1, 0.15) is 5.03 Å². The number of H-pyrrole nitrogens is 1. The van der Waals surface area contributed by atoms with Gasteiger partial charge in [-0.2, -0.15) is 10.3 Å². The molecule has 0 aliphatic heterocycles. The van der Waals surface area contributed by atoms with E-state index in [2.05, 4.69) is 36.8 Å². The summed E-state index contributed by atoms with van der Waals surface area (Å²) < 4.78 is 0.734. The number of hydrogen-bond acceptors (Lipinski definition) is 8. The van der Waals surface area contributed by atoms with Crippen LogP contribution in [0, 0.1) is 12.3 Å². The van der Waals surface area contributed by atoms with E-state index in [-0.39, 0.29) is 11.7 Å². The zero-order chi connectivity index (χ0) is 13.5. The lowest BCUT2D eigenvalue weighted by Crippen LogP contribution is -2.13. The Hall–Kier alpha value is -1.57. The second kappa shape index (κ2) is 7.13. The average molecular weight is 312 g/mol. The fourth-order valence-electron chi connectivity index (χ4n) is 0.977. The van der Waals surface area contributed by atoms with Crippen molar-refractivity contribution in [3.8, 4) is 12.3 Å². The van der Waals surface area contributed by atoms with Gasteiger partial charge in [0.05, 0.1) is 17.7 Å². The van der Waals surface area contributed by atoms with Gasteiger partial charge in [0, 0.05) is 0 Å². The fraction of sp³-hybridized carbons (Fsp3) is 0.222. The number of anilines is 1. The Kier molecular flexibility index (Phi) is 5.20. The molecule has 0 aromatic carbocycles. The van der Waals surface area contributed by atoms with Crippen LogP contribution in [-0.4, -0.2) is 43.0 Å². The molecule has 0 aliphatic carbocycles. The molecule has 2 heterocycles. The number of thioether (sulfide) groups is 2. The number of aromatic amines is 1. The lowest BCUT2D eigenvalue weighted by Gasteiger charge is -1.98. The molecule has 0 spiro atoms. The van der Waals surface area contributed by atoms with E-state index in [1.54, 1.807) is 6.20 Å². The molecule has 2 rings (SSSR count). The third-order valence-corrected chi connectivity index (χ3v) is 4.45. The van der Waals surface area contributed by atoms with Gasteiger partial charge < -0.3 is 0 Å². The van der Waals surface area contributed by atoms with Crippen LogP contribution >= 0.6 is 34.9 Å². The van der Waals surface area contributed by atoms with Crippen LogP contribution in [0.1, 0.15) is 0 Å². The van der Waals surface area contributed by atoms with Gasteiger partial charge in [0.2, 0.25) is 11.0 Å². The van der Waals surface area contributed by atoms with Crippen molar-refractivity contribution in [2.24, 2.45) is 0 Å². The predicted molar refractivity (Wildman–Crippen MR) is 75.2 cm³/mol. The number of carbonyl (C=O) groups is 1. The first-order valence-electron chi connectivity index (χ1n) is 4.96. The lowest BCUT2D eigenvalue weighted by molar-refractivity contribution is -0.113. The molecule has 7 nitrogen and oxygen atoms in total. The number of terminal acetylenes is 1. The van der Waals surface area contributed by atoms with Crippen molar-refractivity contribution in [2.75, 3.05) is 16.8 Å². The predicted octanol–water partition coefficient (Wildman–Crippen LogP) is 1.11. The molecule has 0 bridgehead atoms. The molecule has 10 heteroatoms. The summed E-state index contributed by atoms with van der Waals surface area (Å²) in [7, 11) is 0. The van der Waals surface area contributed by atoms with Crippen LogP contribution in [0.2, 0.25) is 0 Å². The summed E-state index contributed by atoms with van der Waals surface area (Å²) in [5.41, 5.74) is 0. The maximum atomic E-state index is 11.6. The van der Waals surface area contributed by atoms with Gasteiger partial charge in [-0.15, -0.1) is 21.7 Å². The van der Waals surface area contributed by atoms with Gasteiger partial charge in [-0.25, -0.2) is 0 Å². The smallest absolute Gasteiger partial charge is 0.236 e. The Morgan fingerprint density at radius 1 is 1.53 bits per heavy atom. The second-order valence-corrected chi connectivity index (χ2v) is 6.21. The van der Waals surface area contributed by atoms with E-state index in [9.17, 15) is 4.79 Å². The second-order valence-electron chi connectivity index (χ2n) is 3.01. The number of carbonyl (C=O) groups excluding carboxylic acids is 1. The highest BCUT2D eigenvalue weighted by Crippen LogP contribution is 2.25. The average Bonchev–Trinajstić information content (AvgIpc) is 3.05. The molecule has 0 saturated carbocycles. The lowest BCUT2D eigenvalue weighted by atomic mass is 10.7. The van der Waals surface area contributed by atoms with Crippen molar-refractivity contribution in [2.45, 2.75) is 9.37 Å². The Bertz CT molecular complexity index is 575. The SMILES string of the molecule is C#CCSc1nnc(NC(=O)CSc2cn[nH]n2)s1. The summed E-state index contributed by atoms with van der Waals surface area (Å²) in [6, 6.07) is 0. The van der Waals surface area contributed by atoms with E-state index in [0.29, 0.717) is 15.9 Å². The first kappa shape index (κ1) is 13.9. The van der Waals surface area contributed by atoms with Crippen LogP contribution in [0.4, 0.5) is 5.13 Å². The molecular weight excluding hydrogens is 304 g/mol. The summed E-state index contributed by atoms with van der Waals surface area (Å²) in [5.74, 6) is 3.10. The van der Waals surface area contributed by atoms with Crippen molar-refractivity contribution >= 4 is 45.9 Å². The van der Waals surface area contributed by atoms with Crippen LogP contribution in [0.3, 0.4) is 0 Å². The first-order chi connectivity index (χ1) is 9.28. The molecule has 98 valence electrons. The fourth-order valence-corrected chi connectivity index (χ4v) is 3.01. The number of rotatable bonds is 6. The number of nitrogens with one attached hydrogen (secondary N) is 2. The number of amides is 1. The van der Waals surface area contributed by atoms with Crippen molar-refractivity contribution in [3.63, 3.8) is 0 Å². The standard InChI is InChI=1S/C9H8N6OS3/c1-2-3-17-9-14-13-8(19-9)11-6(16)5-18-7-4-10-15-12-7/h1,4H,3,5H2,(H,10,12,15)(H,11,13,16). The maximum absolute atomic E-state index is 11.6. The molecule has 0 saturated heterocycles. The van der Waals surface area contributed by atoms with E-state index in [4.69, 9.17) is 6.42 Å². The minimum absolute atomic E-state index is 0.169. The van der Waals surface area contributed by atoms with Gasteiger partial charge in [-0.05, 0) is 0 Å². The molecule has 19 heavy (non-hydrogen) atoms. The number of hydrogen-bond donors (Lipinski definition) is 2. The highest BCUT2D eigenvalue weighted by molar-refractivity contribution is 8.01. The highest BCUT2D eigenvalue weighted by Gasteiger charge is 2.09. The number of aromatic nitrogens is 5. The van der Waals surface area contributed by atoms with Crippen molar-refractivity contribution < 1.29 is 4.79 Å². The summed E-state index contributed by atoms with van der Waals surface area (Å²) >= 11 is 3.99. The van der Waals surface area contributed by atoms with Gasteiger partial charge in [-0.3, -0.25) is 10.1 Å². The molecular formula is C9H8N6OS3. The van der Waals surface area contributed by atoms with Crippen molar-refractivity contribution in [1.29, 1.82) is 0 Å². The Morgan fingerprint density at radius 2 is 2.42 bits per heavy atom. The molecule has 2 aromatic rings. The number of nitrogens with zero attached hydrogens (tertiary/aromatic N) is 4. The van der Waals surface area contributed by atoms with E-state index in [1.165, 1.54) is 34.9 Å². The normalized spacial score (nSPS) is 10.1. The van der Waals surface area contributed by atoms with Crippen LogP contribution in [-0.2, 0) is 4.79 Å². The Labute approximate surface area is 121 Å². The minimum atomic E-state index is -0.169. The van der Waals surface area contributed by atoms with E-state index in [1.807, 2.05) is 0 Å². The molecule has 0 atom stereocenters. The molecule has 2 N–H and O–H groups in total. The zero-order valence-electron chi connectivity index (χ0n) is 9.49. The molecule has 0 unspecified atom stereocenters. The largest absolute Gasteiger partial charge is 0.300 e. The Balaban J connectivity index is 1.78. The van der Waals surface area contributed by atoms with Crippen LogP contribution in [0.5, 0.6) is 0 Å². The van der Waals surface area contributed by atoms with Crippen molar-refractivity contribution in [1.82, 2.24) is 25.6 Å². The van der Waals surface area contributed by atoms with Gasteiger partial charge >= 0.3 is 0 Å². The molecule has 0 aliphatic rings. The van der Waals surface area contributed by atoms with E-state index < -0.39 is 0 Å². The van der Waals surface area contributed by atoms with Gasteiger partial charge in [0.15, 0.2) is 4.34 Å². The third-order valence-electron chi connectivity index (χ3n) is 1.68. The highest BCUT2D eigenvalue weighted by atomic mass is 32.2. The van der Waals surface area contributed by atoms with Gasteiger partial charge in [0.25, 0.3) is 0 Å². The summed E-state index contributed by atoms with van der Waals surface area (Å²) in [5, 5.41) is 21.5. The monoisotopic (exact) mass is 312 g/mol. The van der Waals surface area contributed by atoms with Crippen LogP contribution < -0.4 is 5.32 Å². The summed E-state index contributed by atoms with van der Waals surface area (Å²) in [6.45, 7) is 0. The Morgan fingerprint density at radius 3 is 3.16 bits per heavy atom.